The van der Waals surface area contributed by atoms with Gasteiger partial charge in [0.05, 0.1) is 0 Å². The first kappa shape index (κ1) is 23.9. The van der Waals surface area contributed by atoms with E-state index in [9.17, 15) is 9.59 Å². The predicted molar refractivity (Wildman–Crippen MR) is 109 cm³/mol. The lowest BCUT2D eigenvalue weighted by molar-refractivity contribution is -0.170. The number of esters is 1. The third kappa shape index (κ3) is 7.10. The number of nitrogens with zero attached hydrogens (tertiary/aromatic N) is 1. The van der Waals surface area contributed by atoms with Gasteiger partial charge < -0.3 is 9.84 Å². The fourth-order valence-electron chi connectivity index (χ4n) is 4.62. The number of unbranched alkanes of at least 4 members (excludes halogenated alkanes) is 5. The summed E-state index contributed by atoms with van der Waals surface area (Å²) in [4.78, 5) is 25.3. The van der Waals surface area contributed by atoms with Crippen molar-refractivity contribution >= 4 is 11.9 Å². The Balaban J connectivity index is 2.37. The van der Waals surface area contributed by atoms with Crippen LogP contribution in [0.15, 0.2) is 0 Å². The van der Waals surface area contributed by atoms with Gasteiger partial charge in [0, 0.05) is 36.3 Å². The quantitative estimate of drug-likeness (QED) is 0.401. The summed E-state index contributed by atoms with van der Waals surface area (Å²) in [5.74, 6) is -0.447. The van der Waals surface area contributed by atoms with E-state index in [1.165, 1.54) is 0 Å². The second-order valence-corrected chi connectivity index (χ2v) is 9.29. The van der Waals surface area contributed by atoms with Gasteiger partial charge in [0.1, 0.15) is 6.10 Å². The van der Waals surface area contributed by atoms with Gasteiger partial charge in [-0.05, 0) is 54.0 Å². The molecule has 0 aromatic rings. The van der Waals surface area contributed by atoms with Crippen molar-refractivity contribution in [1.29, 1.82) is 0 Å². The summed E-state index contributed by atoms with van der Waals surface area (Å²) >= 11 is 0. The van der Waals surface area contributed by atoms with E-state index in [0.29, 0.717) is 12.3 Å². The van der Waals surface area contributed by atoms with Crippen LogP contribution in [0.5, 0.6) is 0 Å². The van der Waals surface area contributed by atoms with Gasteiger partial charge in [-0.3, -0.25) is 14.5 Å². The molecule has 27 heavy (non-hydrogen) atoms. The Morgan fingerprint density at radius 2 is 1.52 bits per heavy atom. The molecule has 2 unspecified atom stereocenters. The van der Waals surface area contributed by atoms with Gasteiger partial charge in [-0.1, -0.05) is 32.6 Å². The van der Waals surface area contributed by atoms with Gasteiger partial charge in [0.25, 0.3) is 0 Å². The van der Waals surface area contributed by atoms with Crippen LogP contribution >= 0.6 is 0 Å². The first-order valence-corrected chi connectivity index (χ1v) is 10.7. The van der Waals surface area contributed by atoms with Crippen molar-refractivity contribution in [2.45, 2.75) is 116 Å². The van der Waals surface area contributed by atoms with Crippen LogP contribution in [0, 0.1) is 5.92 Å². The highest BCUT2D eigenvalue weighted by Crippen LogP contribution is 2.43. The van der Waals surface area contributed by atoms with Crippen LogP contribution in [0.25, 0.3) is 0 Å². The van der Waals surface area contributed by atoms with Crippen LogP contribution in [0.3, 0.4) is 0 Å². The van der Waals surface area contributed by atoms with E-state index >= 15 is 0 Å². The molecule has 1 heterocycles. The highest BCUT2D eigenvalue weighted by molar-refractivity contribution is 5.69. The van der Waals surface area contributed by atoms with Gasteiger partial charge in [-0.2, -0.15) is 0 Å². The molecule has 1 aliphatic heterocycles. The first-order chi connectivity index (χ1) is 12.5. The molecule has 5 heteroatoms. The molecule has 0 aromatic carbocycles. The average molecular weight is 384 g/mol. The van der Waals surface area contributed by atoms with Crippen LogP contribution in [0.2, 0.25) is 0 Å². The summed E-state index contributed by atoms with van der Waals surface area (Å²) in [5.41, 5.74) is 0.00741. The van der Waals surface area contributed by atoms with Crippen molar-refractivity contribution in [1.82, 2.24) is 4.90 Å². The molecule has 0 spiro atoms. The van der Waals surface area contributed by atoms with Crippen molar-refractivity contribution in [3.05, 3.63) is 0 Å². The zero-order valence-corrected chi connectivity index (χ0v) is 18.3. The normalized spacial score (nSPS) is 24.5. The second kappa shape index (κ2) is 10.4. The molecule has 0 bridgehead atoms. The number of hydrogen-bond acceptors (Lipinski definition) is 4. The van der Waals surface area contributed by atoms with Crippen molar-refractivity contribution in [2.24, 2.45) is 5.92 Å². The number of carboxylic acids is 1. The molecule has 0 amide bonds. The van der Waals surface area contributed by atoms with E-state index in [2.05, 4.69) is 46.6 Å². The van der Waals surface area contributed by atoms with Gasteiger partial charge in [-0.15, -0.1) is 0 Å². The standard InChI is InChI=1S/C22H41NO4/c1-7-17-18(16-21(2,3)23(6)22(17,4)5)27-20(26)15-13-11-9-8-10-12-14-19(24)25/h17-18H,7-16H2,1-6H3,(H,24,25). The highest BCUT2D eigenvalue weighted by Gasteiger charge is 2.50. The van der Waals surface area contributed by atoms with E-state index in [1.54, 1.807) is 0 Å². The summed E-state index contributed by atoms with van der Waals surface area (Å²) in [7, 11) is 2.18. The molecule has 2 atom stereocenters. The smallest absolute Gasteiger partial charge is 0.306 e. The molecule has 1 N–H and O–H groups in total. The highest BCUT2D eigenvalue weighted by atomic mass is 16.5. The summed E-state index contributed by atoms with van der Waals surface area (Å²) < 4.78 is 5.96. The molecule has 0 aromatic heterocycles. The van der Waals surface area contributed by atoms with E-state index in [-0.39, 0.29) is 29.6 Å². The lowest BCUT2D eigenvalue weighted by Crippen LogP contribution is -2.65. The van der Waals surface area contributed by atoms with Gasteiger partial charge in [-0.25, -0.2) is 0 Å². The van der Waals surface area contributed by atoms with Crippen LogP contribution in [-0.4, -0.2) is 46.2 Å². The monoisotopic (exact) mass is 383 g/mol. The lowest BCUT2D eigenvalue weighted by Gasteiger charge is -2.57. The summed E-state index contributed by atoms with van der Waals surface area (Å²) in [6, 6.07) is 0. The first-order valence-electron chi connectivity index (χ1n) is 10.7. The number of aliphatic carboxylic acids is 1. The SMILES string of the molecule is CCC1C(OC(=O)CCCCCCCCC(=O)O)CC(C)(C)N(C)C1(C)C. The largest absolute Gasteiger partial charge is 0.481 e. The number of carbonyl (C=O) groups excluding carboxylic acids is 1. The Hall–Kier alpha value is -1.10. The molecule has 1 fully saturated rings. The van der Waals surface area contributed by atoms with Crippen molar-refractivity contribution in [2.75, 3.05) is 7.05 Å². The number of carbonyl (C=O) groups is 2. The molecule has 0 aliphatic carbocycles. The fraction of sp³-hybridized carbons (Fsp3) is 0.909. The Morgan fingerprint density at radius 3 is 2.04 bits per heavy atom. The number of hydrogen-bond donors (Lipinski definition) is 1. The summed E-state index contributed by atoms with van der Waals surface area (Å²) in [6.45, 7) is 11.2. The van der Waals surface area contributed by atoms with E-state index in [4.69, 9.17) is 9.84 Å². The number of ether oxygens (including phenoxy) is 1. The summed E-state index contributed by atoms with van der Waals surface area (Å²) in [6.07, 6.45) is 8.26. The molecular formula is C22H41NO4. The topological polar surface area (TPSA) is 66.8 Å². The molecule has 5 nitrogen and oxygen atoms in total. The van der Waals surface area contributed by atoms with E-state index < -0.39 is 5.97 Å². The molecule has 1 rings (SSSR count). The maximum Gasteiger partial charge on any atom is 0.306 e. The number of carboxylic acid groups (broad SMARTS) is 1. The van der Waals surface area contributed by atoms with E-state index in [0.717, 1.165) is 51.4 Å². The number of rotatable bonds is 11. The summed E-state index contributed by atoms with van der Waals surface area (Å²) in [5, 5.41) is 8.61. The van der Waals surface area contributed by atoms with Crippen molar-refractivity contribution in [3.8, 4) is 0 Å². The Kier molecular flexibility index (Phi) is 9.26. The number of likely N-dealkylation sites (tertiary alicyclic amines) is 1. The van der Waals surface area contributed by atoms with Gasteiger partial charge in [0.15, 0.2) is 0 Å². The molecule has 1 saturated heterocycles. The van der Waals surface area contributed by atoms with Crippen molar-refractivity contribution in [3.63, 3.8) is 0 Å². The Labute approximate surface area is 165 Å². The van der Waals surface area contributed by atoms with Gasteiger partial charge >= 0.3 is 11.9 Å². The molecular weight excluding hydrogens is 342 g/mol. The minimum absolute atomic E-state index is 0.00258. The van der Waals surface area contributed by atoms with Crippen LogP contribution in [0.1, 0.15) is 98.8 Å². The maximum absolute atomic E-state index is 12.4. The third-order valence-electron chi connectivity index (χ3n) is 6.57. The Bertz CT molecular complexity index is 487. The predicted octanol–water partition coefficient (Wildman–Crippen LogP) is 5.02. The van der Waals surface area contributed by atoms with Crippen molar-refractivity contribution < 1.29 is 19.4 Å². The molecule has 158 valence electrons. The zero-order valence-electron chi connectivity index (χ0n) is 18.3. The molecule has 0 saturated carbocycles. The Morgan fingerprint density at radius 1 is 1.00 bits per heavy atom. The molecule has 1 aliphatic rings. The van der Waals surface area contributed by atoms with Crippen LogP contribution in [-0.2, 0) is 14.3 Å². The second-order valence-electron chi connectivity index (χ2n) is 9.29. The van der Waals surface area contributed by atoms with Crippen LogP contribution < -0.4 is 0 Å². The fourth-order valence-corrected chi connectivity index (χ4v) is 4.62. The van der Waals surface area contributed by atoms with Crippen LogP contribution in [0.4, 0.5) is 0 Å². The van der Waals surface area contributed by atoms with Gasteiger partial charge in [0.2, 0.25) is 0 Å². The lowest BCUT2D eigenvalue weighted by atomic mass is 9.70. The average Bonchev–Trinajstić information content (AvgIpc) is 2.55. The zero-order chi connectivity index (χ0) is 20.7. The third-order valence-corrected chi connectivity index (χ3v) is 6.57. The molecule has 0 radical (unpaired) electrons. The minimum atomic E-state index is -0.719. The van der Waals surface area contributed by atoms with E-state index in [1.807, 2.05) is 0 Å². The maximum atomic E-state index is 12.4. The number of piperidine rings is 1. The minimum Gasteiger partial charge on any atom is -0.481 e.